The molecule has 0 aliphatic rings. The molecule has 0 amide bonds. The fourth-order valence-electron chi connectivity index (χ4n) is 1.20. The van der Waals surface area contributed by atoms with Gasteiger partial charge >= 0.3 is 0 Å². The van der Waals surface area contributed by atoms with E-state index in [0.29, 0.717) is 16.5 Å². The van der Waals surface area contributed by atoms with Crippen molar-refractivity contribution < 1.29 is 9.50 Å². The third-order valence-corrected chi connectivity index (χ3v) is 2.54. The Kier molecular flexibility index (Phi) is 3.17. The Bertz CT molecular complexity index is 347. The number of halogens is 2. The molecule has 0 unspecified atom stereocenters. The van der Waals surface area contributed by atoms with Crippen LogP contribution in [0.15, 0.2) is 16.6 Å². The highest BCUT2D eigenvalue weighted by Crippen LogP contribution is 2.28. The molecule has 1 rings (SSSR count). The van der Waals surface area contributed by atoms with E-state index in [-0.39, 0.29) is 5.75 Å². The van der Waals surface area contributed by atoms with Gasteiger partial charge < -0.3 is 10.8 Å². The smallest absolute Gasteiger partial charge is 0.169 e. The molecule has 0 fully saturated rings. The van der Waals surface area contributed by atoms with Gasteiger partial charge in [-0.05, 0) is 32.4 Å². The summed E-state index contributed by atoms with van der Waals surface area (Å²) in [5.41, 5.74) is 5.70. The van der Waals surface area contributed by atoms with E-state index in [9.17, 15) is 9.50 Å². The largest absolute Gasteiger partial charge is 0.505 e. The van der Waals surface area contributed by atoms with Crippen LogP contribution in [-0.2, 0) is 6.42 Å². The number of phenols is 1. The number of hydrogen-bond donors (Lipinski definition) is 2. The lowest BCUT2D eigenvalue weighted by Gasteiger charge is -2.19. The van der Waals surface area contributed by atoms with E-state index in [1.807, 2.05) is 13.8 Å². The zero-order chi connectivity index (χ0) is 10.9. The molecule has 2 nitrogen and oxygen atoms in total. The minimum atomic E-state index is -0.599. The van der Waals surface area contributed by atoms with Crippen LogP contribution >= 0.6 is 15.9 Å². The standard InChI is InChI=1S/C10H13BrFNO/c1-10(2,13)5-6-7(11)3-4-8(14)9(6)12/h3-4,14H,5,13H2,1-2H3. The summed E-state index contributed by atoms with van der Waals surface area (Å²) in [6.45, 7) is 3.62. The molecule has 0 spiro atoms. The number of rotatable bonds is 2. The molecule has 1 aromatic carbocycles. The summed E-state index contributed by atoms with van der Waals surface area (Å²) in [7, 11) is 0. The second-order valence-corrected chi connectivity index (χ2v) is 4.88. The van der Waals surface area contributed by atoms with Gasteiger partial charge in [-0.2, -0.15) is 0 Å². The molecular weight excluding hydrogens is 249 g/mol. The molecule has 0 saturated heterocycles. The molecule has 3 N–H and O–H groups in total. The molecule has 0 aromatic heterocycles. The Labute approximate surface area is 91.1 Å². The highest BCUT2D eigenvalue weighted by Gasteiger charge is 2.19. The molecule has 0 radical (unpaired) electrons. The predicted octanol–water partition coefficient (Wildman–Crippen LogP) is 2.57. The predicted molar refractivity (Wildman–Crippen MR) is 57.7 cm³/mol. The molecule has 0 saturated carbocycles. The molecule has 1 aromatic rings. The van der Waals surface area contributed by atoms with Crippen LogP contribution in [0.3, 0.4) is 0 Å². The first kappa shape index (κ1) is 11.5. The van der Waals surface area contributed by atoms with Gasteiger partial charge in [-0.25, -0.2) is 4.39 Å². The molecule has 0 heterocycles. The lowest BCUT2D eigenvalue weighted by atomic mass is 9.96. The quantitative estimate of drug-likeness (QED) is 0.860. The highest BCUT2D eigenvalue weighted by atomic mass is 79.9. The average Bonchev–Trinajstić information content (AvgIpc) is 2.04. The lowest BCUT2D eigenvalue weighted by Crippen LogP contribution is -2.34. The van der Waals surface area contributed by atoms with Gasteiger partial charge in [-0.3, -0.25) is 0 Å². The molecule has 4 heteroatoms. The number of hydrogen-bond acceptors (Lipinski definition) is 2. The van der Waals surface area contributed by atoms with Crippen LogP contribution < -0.4 is 5.73 Å². The topological polar surface area (TPSA) is 46.2 Å². The summed E-state index contributed by atoms with van der Waals surface area (Å²) in [6, 6.07) is 2.92. The van der Waals surface area contributed by atoms with Crippen molar-refractivity contribution in [3.8, 4) is 5.75 Å². The number of nitrogens with two attached hydrogens (primary N) is 1. The van der Waals surface area contributed by atoms with Crippen molar-refractivity contribution in [3.63, 3.8) is 0 Å². The fourth-order valence-corrected chi connectivity index (χ4v) is 1.65. The van der Waals surface area contributed by atoms with E-state index in [1.54, 1.807) is 6.07 Å². The second kappa shape index (κ2) is 3.87. The number of aromatic hydroxyl groups is 1. The first-order valence-electron chi connectivity index (χ1n) is 4.26. The van der Waals surface area contributed by atoms with Crippen LogP contribution in [0, 0.1) is 5.82 Å². The van der Waals surface area contributed by atoms with Crippen LogP contribution in [0.5, 0.6) is 5.75 Å². The van der Waals surface area contributed by atoms with Crippen molar-refractivity contribution in [2.24, 2.45) is 5.73 Å². The van der Waals surface area contributed by atoms with E-state index in [0.717, 1.165) is 0 Å². The fraction of sp³-hybridized carbons (Fsp3) is 0.400. The minimum absolute atomic E-state index is 0.340. The van der Waals surface area contributed by atoms with Crippen molar-refractivity contribution in [1.29, 1.82) is 0 Å². The van der Waals surface area contributed by atoms with Gasteiger partial charge in [0.25, 0.3) is 0 Å². The van der Waals surface area contributed by atoms with E-state index in [1.165, 1.54) is 6.07 Å². The molecular formula is C10H13BrFNO. The summed E-state index contributed by atoms with van der Waals surface area (Å²) >= 11 is 3.23. The van der Waals surface area contributed by atoms with Crippen LogP contribution in [0.2, 0.25) is 0 Å². The van der Waals surface area contributed by atoms with Crippen LogP contribution in [-0.4, -0.2) is 10.6 Å². The third-order valence-electron chi connectivity index (χ3n) is 1.80. The van der Waals surface area contributed by atoms with Crippen LogP contribution in [0.1, 0.15) is 19.4 Å². The maximum Gasteiger partial charge on any atom is 0.169 e. The van der Waals surface area contributed by atoms with Crippen LogP contribution in [0.25, 0.3) is 0 Å². The normalized spacial score (nSPS) is 11.8. The van der Waals surface area contributed by atoms with Gasteiger partial charge in [0.1, 0.15) is 0 Å². The van der Waals surface area contributed by atoms with Gasteiger partial charge in [-0.1, -0.05) is 15.9 Å². The molecule has 0 aliphatic heterocycles. The van der Waals surface area contributed by atoms with Gasteiger partial charge in [0, 0.05) is 15.6 Å². The second-order valence-electron chi connectivity index (χ2n) is 4.02. The summed E-state index contributed by atoms with van der Waals surface area (Å²) < 4.78 is 14.1. The van der Waals surface area contributed by atoms with E-state index in [4.69, 9.17) is 5.73 Å². The molecule has 0 aliphatic carbocycles. The first-order valence-corrected chi connectivity index (χ1v) is 5.05. The number of phenolic OH excluding ortho intramolecular Hbond substituents is 1. The molecule has 0 bridgehead atoms. The Morgan fingerprint density at radius 2 is 2.07 bits per heavy atom. The zero-order valence-corrected chi connectivity index (χ0v) is 9.73. The van der Waals surface area contributed by atoms with Crippen molar-refractivity contribution >= 4 is 15.9 Å². The average molecular weight is 262 g/mol. The monoisotopic (exact) mass is 261 g/mol. The van der Waals surface area contributed by atoms with Crippen molar-refractivity contribution in [2.75, 3.05) is 0 Å². The van der Waals surface area contributed by atoms with Crippen molar-refractivity contribution in [1.82, 2.24) is 0 Å². The summed E-state index contributed by atoms with van der Waals surface area (Å²) in [6.07, 6.45) is 0.369. The Hall–Kier alpha value is -0.610. The van der Waals surface area contributed by atoms with E-state index >= 15 is 0 Å². The van der Waals surface area contributed by atoms with Gasteiger partial charge in [0.15, 0.2) is 11.6 Å². The van der Waals surface area contributed by atoms with Crippen molar-refractivity contribution in [2.45, 2.75) is 25.8 Å². The maximum absolute atomic E-state index is 13.5. The summed E-state index contributed by atoms with van der Waals surface area (Å²) in [4.78, 5) is 0. The first-order chi connectivity index (χ1) is 6.31. The summed E-state index contributed by atoms with van der Waals surface area (Å²) in [5, 5.41) is 9.18. The molecule has 78 valence electrons. The van der Waals surface area contributed by atoms with E-state index < -0.39 is 11.4 Å². The van der Waals surface area contributed by atoms with Gasteiger partial charge in [0.05, 0.1) is 0 Å². The molecule has 14 heavy (non-hydrogen) atoms. The van der Waals surface area contributed by atoms with Gasteiger partial charge in [0.2, 0.25) is 0 Å². The lowest BCUT2D eigenvalue weighted by molar-refractivity contribution is 0.420. The molecule has 0 atom stereocenters. The third kappa shape index (κ3) is 2.69. The summed E-state index contributed by atoms with van der Waals surface area (Å²) in [5.74, 6) is -0.939. The Morgan fingerprint density at radius 3 is 2.57 bits per heavy atom. The SMILES string of the molecule is CC(C)(N)Cc1c(Br)ccc(O)c1F. The highest BCUT2D eigenvalue weighted by molar-refractivity contribution is 9.10. The Morgan fingerprint density at radius 1 is 1.50 bits per heavy atom. The van der Waals surface area contributed by atoms with Gasteiger partial charge in [-0.15, -0.1) is 0 Å². The van der Waals surface area contributed by atoms with Crippen molar-refractivity contribution in [3.05, 3.63) is 28.0 Å². The van der Waals surface area contributed by atoms with Crippen LogP contribution in [0.4, 0.5) is 4.39 Å². The minimum Gasteiger partial charge on any atom is -0.505 e. The van der Waals surface area contributed by atoms with E-state index in [2.05, 4.69) is 15.9 Å². The zero-order valence-electron chi connectivity index (χ0n) is 8.14. The Balaban J connectivity index is 3.13. The number of benzene rings is 1. The maximum atomic E-state index is 13.5.